The Morgan fingerprint density at radius 3 is 2.75 bits per heavy atom. The molecule has 4 heteroatoms. The quantitative estimate of drug-likeness (QED) is 0.866. The molecule has 112 valence electrons. The Labute approximate surface area is 121 Å². The zero-order valence-corrected chi connectivity index (χ0v) is 12.6. The van der Waals surface area contributed by atoms with Gasteiger partial charge in [-0.25, -0.2) is 4.39 Å². The Morgan fingerprint density at radius 1 is 1.35 bits per heavy atom. The van der Waals surface area contributed by atoms with Gasteiger partial charge in [0, 0.05) is 37.8 Å². The first-order chi connectivity index (χ1) is 9.67. The van der Waals surface area contributed by atoms with E-state index >= 15 is 0 Å². The molecule has 0 amide bonds. The van der Waals surface area contributed by atoms with E-state index in [2.05, 4.69) is 23.6 Å². The third-order valence-electron chi connectivity index (χ3n) is 4.32. The highest BCUT2D eigenvalue weighted by molar-refractivity contribution is 5.25. The van der Waals surface area contributed by atoms with E-state index in [0.717, 1.165) is 37.3 Å². The highest BCUT2D eigenvalue weighted by Crippen LogP contribution is 2.20. The molecule has 1 unspecified atom stereocenters. The lowest BCUT2D eigenvalue weighted by Gasteiger charge is -2.26. The molecule has 1 fully saturated rings. The summed E-state index contributed by atoms with van der Waals surface area (Å²) in [4.78, 5) is 4.84. The van der Waals surface area contributed by atoms with Crippen molar-refractivity contribution in [2.45, 2.75) is 39.4 Å². The van der Waals surface area contributed by atoms with Gasteiger partial charge in [-0.2, -0.15) is 0 Å². The van der Waals surface area contributed by atoms with Crippen molar-refractivity contribution in [1.82, 2.24) is 9.80 Å². The van der Waals surface area contributed by atoms with Crippen LogP contribution in [0.2, 0.25) is 0 Å². The summed E-state index contributed by atoms with van der Waals surface area (Å²) in [5.74, 6) is -0.117. The SMILES string of the molecule is CCN(CC)C1CCN(Cc2cc(CN)ccc2F)C1. The van der Waals surface area contributed by atoms with E-state index in [-0.39, 0.29) is 5.82 Å². The Bertz CT molecular complexity index is 432. The summed E-state index contributed by atoms with van der Waals surface area (Å²) in [6, 6.07) is 5.82. The van der Waals surface area contributed by atoms with Gasteiger partial charge in [0.2, 0.25) is 0 Å². The Hall–Kier alpha value is -0.970. The van der Waals surface area contributed by atoms with Crippen molar-refractivity contribution in [3.8, 4) is 0 Å². The monoisotopic (exact) mass is 279 g/mol. The molecular weight excluding hydrogens is 253 g/mol. The van der Waals surface area contributed by atoms with Gasteiger partial charge in [0.15, 0.2) is 0 Å². The van der Waals surface area contributed by atoms with Crippen LogP contribution >= 0.6 is 0 Å². The van der Waals surface area contributed by atoms with Gasteiger partial charge in [0.05, 0.1) is 0 Å². The maximum Gasteiger partial charge on any atom is 0.127 e. The molecule has 1 aromatic rings. The predicted octanol–water partition coefficient (Wildman–Crippen LogP) is 2.20. The summed E-state index contributed by atoms with van der Waals surface area (Å²) in [5, 5.41) is 0. The van der Waals surface area contributed by atoms with Gasteiger partial charge in [0.25, 0.3) is 0 Å². The number of rotatable bonds is 6. The second-order valence-corrected chi connectivity index (χ2v) is 5.53. The van der Waals surface area contributed by atoms with Crippen LogP contribution in [0.5, 0.6) is 0 Å². The van der Waals surface area contributed by atoms with Crippen molar-refractivity contribution in [3.05, 3.63) is 35.1 Å². The minimum Gasteiger partial charge on any atom is -0.326 e. The molecule has 0 saturated carbocycles. The van der Waals surface area contributed by atoms with E-state index in [1.54, 1.807) is 6.07 Å². The van der Waals surface area contributed by atoms with E-state index in [4.69, 9.17) is 5.73 Å². The maximum absolute atomic E-state index is 13.9. The van der Waals surface area contributed by atoms with Gasteiger partial charge < -0.3 is 5.73 Å². The third-order valence-corrected chi connectivity index (χ3v) is 4.32. The molecule has 1 saturated heterocycles. The average molecular weight is 279 g/mol. The summed E-state index contributed by atoms with van der Waals surface area (Å²) in [6.07, 6.45) is 1.18. The van der Waals surface area contributed by atoms with Crippen molar-refractivity contribution in [1.29, 1.82) is 0 Å². The first kappa shape index (κ1) is 15.4. The van der Waals surface area contributed by atoms with Crippen LogP contribution in [-0.4, -0.2) is 42.0 Å². The largest absolute Gasteiger partial charge is 0.326 e. The molecule has 20 heavy (non-hydrogen) atoms. The van der Waals surface area contributed by atoms with Crippen molar-refractivity contribution in [2.75, 3.05) is 26.2 Å². The maximum atomic E-state index is 13.9. The fourth-order valence-electron chi connectivity index (χ4n) is 3.11. The van der Waals surface area contributed by atoms with Crippen LogP contribution in [0.25, 0.3) is 0 Å². The molecule has 2 N–H and O–H groups in total. The van der Waals surface area contributed by atoms with E-state index in [9.17, 15) is 4.39 Å². The fourth-order valence-corrected chi connectivity index (χ4v) is 3.11. The third kappa shape index (κ3) is 3.57. The number of nitrogens with zero attached hydrogens (tertiary/aromatic N) is 2. The second kappa shape index (κ2) is 7.16. The lowest BCUT2D eigenvalue weighted by Crippen LogP contribution is -2.37. The van der Waals surface area contributed by atoms with Crippen molar-refractivity contribution >= 4 is 0 Å². The molecule has 0 spiro atoms. The molecule has 1 aromatic carbocycles. The molecule has 3 nitrogen and oxygen atoms in total. The first-order valence-electron chi connectivity index (χ1n) is 7.61. The summed E-state index contributed by atoms with van der Waals surface area (Å²) >= 11 is 0. The predicted molar refractivity (Wildman–Crippen MR) is 80.9 cm³/mol. The molecular formula is C16H26FN3. The van der Waals surface area contributed by atoms with E-state index in [1.807, 2.05) is 6.07 Å². The van der Waals surface area contributed by atoms with Crippen LogP contribution in [0.1, 0.15) is 31.4 Å². The smallest absolute Gasteiger partial charge is 0.127 e. The highest BCUT2D eigenvalue weighted by Gasteiger charge is 2.26. The van der Waals surface area contributed by atoms with E-state index in [1.165, 1.54) is 12.5 Å². The molecule has 0 aromatic heterocycles. The average Bonchev–Trinajstić information content (AvgIpc) is 2.91. The van der Waals surface area contributed by atoms with Gasteiger partial charge in [-0.15, -0.1) is 0 Å². The molecule has 2 rings (SSSR count). The summed E-state index contributed by atoms with van der Waals surface area (Å²) in [7, 11) is 0. The number of halogens is 1. The summed E-state index contributed by atoms with van der Waals surface area (Å²) < 4.78 is 13.9. The molecule has 0 aliphatic carbocycles. The number of likely N-dealkylation sites (tertiary alicyclic amines) is 1. The van der Waals surface area contributed by atoms with Gasteiger partial charge in [-0.3, -0.25) is 9.80 Å². The lowest BCUT2D eigenvalue weighted by atomic mass is 10.1. The molecule has 0 bridgehead atoms. The van der Waals surface area contributed by atoms with Crippen molar-refractivity contribution < 1.29 is 4.39 Å². The zero-order chi connectivity index (χ0) is 14.5. The minimum absolute atomic E-state index is 0.117. The van der Waals surface area contributed by atoms with E-state index < -0.39 is 0 Å². The van der Waals surface area contributed by atoms with Crippen molar-refractivity contribution in [3.63, 3.8) is 0 Å². The molecule has 1 aliphatic heterocycles. The normalized spacial score (nSPS) is 19.9. The number of benzene rings is 1. The standard InChI is InChI=1S/C16H26FN3/c1-3-20(4-2)15-7-8-19(12-15)11-14-9-13(10-18)5-6-16(14)17/h5-6,9,15H,3-4,7-8,10-12,18H2,1-2H3. The summed E-state index contributed by atoms with van der Waals surface area (Å²) in [6.45, 7) is 9.83. The number of nitrogens with two attached hydrogens (primary N) is 1. The number of likely N-dealkylation sites (N-methyl/N-ethyl adjacent to an activating group) is 1. The van der Waals surface area contributed by atoms with Crippen LogP contribution in [0, 0.1) is 5.82 Å². The Kier molecular flexibility index (Phi) is 5.52. The van der Waals surface area contributed by atoms with Gasteiger partial charge in [-0.1, -0.05) is 26.0 Å². The van der Waals surface area contributed by atoms with Crippen LogP contribution in [0.3, 0.4) is 0 Å². The van der Waals surface area contributed by atoms with Crippen LogP contribution < -0.4 is 5.73 Å². The molecule has 1 heterocycles. The van der Waals surface area contributed by atoms with Crippen LogP contribution in [0.4, 0.5) is 4.39 Å². The highest BCUT2D eigenvalue weighted by atomic mass is 19.1. The minimum atomic E-state index is -0.117. The first-order valence-corrected chi connectivity index (χ1v) is 7.61. The lowest BCUT2D eigenvalue weighted by molar-refractivity contribution is 0.208. The topological polar surface area (TPSA) is 32.5 Å². The Balaban J connectivity index is 1.98. The second-order valence-electron chi connectivity index (χ2n) is 5.53. The van der Waals surface area contributed by atoms with Crippen molar-refractivity contribution in [2.24, 2.45) is 5.73 Å². The number of hydrogen-bond acceptors (Lipinski definition) is 3. The fraction of sp³-hybridized carbons (Fsp3) is 0.625. The van der Waals surface area contributed by atoms with Gasteiger partial charge >= 0.3 is 0 Å². The molecule has 0 radical (unpaired) electrons. The molecule has 1 aliphatic rings. The molecule has 1 atom stereocenters. The van der Waals surface area contributed by atoms with Crippen LogP contribution in [-0.2, 0) is 13.1 Å². The van der Waals surface area contributed by atoms with Gasteiger partial charge in [0.1, 0.15) is 5.82 Å². The van der Waals surface area contributed by atoms with Crippen LogP contribution in [0.15, 0.2) is 18.2 Å². The van der Waals surface area contributed by atoms with Gasteiger partial charge in [-0.05, 0) is 31.1 Å². The zero-order valence-electron chi connectivity index (χ0n) is 12.6. The number of hydrogen-bond donors (Lipinski definition) is 1. The van der Waals surface area contributed by atoms with E-state index in [0.29, 0.717) is 19.1 Å². The Morgan fingerprint density at radius 2 is 2.10 bits per heavy atom. The summed E-state index contributed by atoms with van der Waals surface area (Å²) in [5.41, 5.74) is 7.40.